The molecule has 0 atom stereocenters. The normalized spacial score (nSPS) is 18.2. The Morgan fingerprint density at radius 1 is 0.955 bits per heavy atom. The maximum Gasteiger partial charge on any atom is 0.0524 e. The zero-order valence-electron chi connectivity index (χ0n) is 14.8. The van der Waals surface area contributed by atoms with Gasteiger partial charge in [-0.25, -0.2) is 0 Å². The van der Waals surface area contributed by atoms with Gasteiger partial charge in [-0.2, -0.15) is 0 Å². The molecular weight excluding hydrogens is 296 g/mol. The summed E-state index contributed by atoms with van der Waals surface area (Å²) >= 11 is 0. The van der Waals surface area contributed by atoms with E-state index < -0.39 is 16.1 Å². The van der Waals surface area contributed by atoms with E-state index >= 15 is 0 Å². The van der Waals surface area contributed by atoms with Gasteiger partial charge in [0, 0.05) is 5.57 Å². The van der Waals surface area contributed by atoms with Gasteiger partial charge in [-0.05, 0) is 22.2 Å². The fourth-order valence-electron chi connectivity index (χ4n) is 3.93. The van der Waals surface area contributed by atoms with Crippen molar-refractivity contribution in [3.8, 4) is 12.3 Å². The Labute approximate surface area is 138 Å². The van der Waals surface area contributed by atoms with Crippen LogP contribution in [0.2, 0.25) is 43.9 Å². The second-order valence-electron chi connectivity index (χ2n) is 8.38. The van der Waals surface area contributed by atoms with Crippen LogP contribution in [0.25, 0.3) is 5.57 Å². The maximum atomic E-state index is 5.93. The lowest BCUT2D eigenvalue weighted by molar-refractivity contribution is 0.833. The van der Waals surface area contributed by atoms with Gasteiger partial charge in [-0.1, -0.05) is 87.7 Å². The van der Waals surface area contributed by atoms with Gasteiger partial charge in [0.15, 0.2) is 0 Å². The quantitative estimate of drug-likeness (QED) is 0.473. The molecule has 1 aromatic carbocycles. The molecule has 0 spiro atoms. The van der Waals surface area contributed by atoms with Crippen molar-refractivity contribution >= 4 is 21.7 Å². The van der Waals surface area contributed by atoms with Crippen molar-refractivity contribution in [1.29, 1.82) is 0 Å². The van der Waals surface area contributed by atoms with Crippen molar-refractivity contribution < 1.29 is 0 Å². The molecule has 0 saturated carbocycles. The van der Waals surface area contributed by atoms with E-state index in [2.05, 4.69) is 87.7 Å². The number of terminal acetylenes is 1. The predicted molar refractivity (Wildman–Crippen MR) is 105 cm³/mol. The molecular formula is C20H28Si2. The van der Waals surface area contributed by atoms with Crippen molar-refractivity contribution in [1.82, 2.24) is 0 Å². The summed E-state index contributed by atoms with van der Waals surface area (Å²) < 4.78 is 0.333. The molecule has 1 aromatic rings. The molecule has 0 radical (unpaired) electrons. The van der Waals surface area contributed by atoms with Crippen LogP contribution in [0.5, 0.6) is 0 Å². The van der Waals surface area contributed by atoms with E-state index in [9.17, 15) is 0 Å². The molecule has 0 N–H and O–H groups in total. The largest absolute Gasteiger partial charge is 0.115 e. The average molecular weight is 325 g/mol. The summed E-state index contributed by atoms with van der Waals surface area (Å²) in [4.78, 5) is 0. The SMILES string of the molecule is C#CC1=C(c2ccccc2)C=CC([Si](C)(C)C)([Si](C)(C)C)C1. The van der Waals surface area contributed by atoms with E-state index in [1.54, 1.807) is 0 Å². The third-order valence-corrected chi connectivity index (χ3v) is 15.8. The smallest absolute Gasteiger partial charge is 0.0524 e. The Kier molecular flexibility index (Phi) is 4.43. The molecule has 0 heterocycles. The summed E-state index contributed by atoms with van der Waals surface area (Å²) in [6.07, 6.45) is 11.8. The fraction of sp³-hybridized carbons (Fsp3) is 0.400. The molecule has 0 bridgehead atoms. The van der Waals surface area contributed by atoms with Crippen LogP contribution in [0, 0.1) is 12.3 Å². The first-order chi connectivity index (χ1) is 10.1. The summed E-state index contributed by atoms with van der Waals surface area (Å²) in [5.74, 6) is 3.02. The van der Waals surface area contributed by atoms with Crippen LogP contribution < -0.4 is 0 Å². The highest BCUT2D eigenvalue weighted by Gasteiger charge is 2.51. The third-order valence-electron chi connectivity index (χ3n) is 5.25. The standard InChI is InChI=1S/C20H28Si2/c1-8-17-16-20(21(2,3)4,22(5,6)7)15-14-19(17)18-12-10-9-11-13-18/h1,9-15H,16H2,2-7H3. The molecule has 0 unspecified atom stereocenters. The highest BCUT2D eigenvalue weighted by Crippen LogP contribution is 2.55. The third kappa shape index (κ3) is 2.80. The molecule has 0 fully saturated rings. The van der Waals surface area contributed by atoms with Gasteiger partial charge in [-0.15, -0.1) is 6.42 Å². The van der Waals surface area contributed by atoms with E-state index in [1.807, 2.05) is 0 Å². The number of hydrogen-bond acceptors (Lipinski definition) is 0. The van der Waals surface area contributed by atoms with Crippen LogP contribution in [-0.2, 0) is 0 Å². The van der Waals surface area contributed by atoms with Crippen molar-refractivity contribution in [3.05, 3.63) is 53.6 Å². The van der Waals surface area contributed by atoms with Gasteiger partial charge in [0.2, 0.25) is 0 Å². The Morgan fingerprint density at radius 2 is 1.50 bits per heavy atom. The average Bonchev–Trinajstić information content (AvgIpc) is 2.45. The number of allylic oxidation sites excluding steroid dienone is 4. The summed E-state index contributed by atoms with van der Waals surface area (Å²) in [5, 5.41) is 0. The Morgan fingerprint density at radius 3 is 1.95 bits per heavy atom. The molecule has 1 aliphatic rings. The topological polar surface area (TPSA) is 0 Å². The summed E-state index contributed by atoms with van der Waals surface area (Å²) in [5.41, 5.74) is 3.68. The predicted octanol–water partition coefficient (Wildman–Crippen LogP) is 5.99. The van der Waals surface area contributed by atoms with Crippen molar-refractivity contribution in [3.63, 3.8) is 0 Å². The molecule has 0 aliphatic heterocycles. The van der Waals surface area contributed by atoms with E-state index in [-0.39, 0.29) is 0 Å². The Bertz CT molecular complexity index is 630. The van der Waals surface area contributed by atoms with Gasteiger partial charge < -0.3 is 0 Å². The molecule has 2 heteroatoms. The fourth-order valence-corrected chi connectivity index (χ4v) is 15.5. The lowest BCUT2D eigenvalue weighted by atomic mass is 9.92. The minimum Gasteiger partial charge on any atom is -0.115 e. The first-order valence-corrected chi connectivity index (χ1v) is 15.1. The first kappa shape index (κ1) is 17.1. The first-order valence-electron chi connectivity index (χ1n) is 8.07. The summed E-state index contributed by atoms with van der Waals surface area (Å²) in [6.45, 7) is 15.0. The van der Waals surface area contributed by atoms with Gasteiger partial charge in [-0.3, -0.25) is 0 Å². The van der Waals surface area contributed by atoms with Crippen LogP contribution in [0.15, 0.2) is 48.1 Å². The Hall–Kier alpha value is -1.31. The molecule has 22 heavy (non-hydrogen) atoms. The molecule has 116 valence electrons. The second kappa shape index (κ2) is 5.72. The summed E-state index contributed by atoms with van der Waals surface area (Å²) in [6, 6.07) is 10.5. The van der Waals surface area contributed by atoms with E-state index in [0.717, 1.165) is 6.42 Å². The Balaban J connectivity index is 2.57. The lowest BCUT2D eigenvalue weighted by Gasteiger charge is -2.52. The van der Waals surface area contributed by atoms with Crippen LogP contribution in [0.4, 0.5) is 0 Å². The van der Waals surface area contributed by atoms with Gasteiger partial charge in [0.1, 0.15) is 0 Å². The molecule has 0 saturated heterocycles. The minimum atomic E-state index is -1.39. The highest BCUT2D eigenvalue weighted by atomic mass is 28.4. The zero-order chi connectivity index (χ0) is 16.6. The van der Waals surface area contributed by atoms with Gasteiger partial charge in [0.25, 0.3) is 0 Å². The maximum absolute atomic E-state index is 5.93. The van der Waals surface area contributed by atoms with Gasteiger partial charge >= 0.3 is 0 Å². The minimum absolute atomic E-state index is 0.333. The lowest BCUT2D eigenvalue weighted by Crippen LogP contribution is -2.54. The van der Waals surface area contributed by atoms with E-state index in [4.69, 9.17) is 6.42 Å². The number of rotatable bonds is 3. The number of benzene rings is 1. The second-order valence-corrected chi connectivity index (χ2v) is 19.7. The highest BCUT2D eigenvalue weighted by molar-refractivity contribution is 6.99. The van der Waals surface area contributed by atoms with Crippen molar-refractivity contribution in [2.75, 3.05) is 0 Å². The van der Waals surface area contributed by atoms with E-state index in [0.29, 0.717) is 4.66 Å². The van der Waals surface area contributed by atoms with Crippen molar-refractivity contribution in [2.24, 2.45) is 0 Å². The van der Waals surface area contributed by atoms with Crippen LogP contribution in [0.3, 0.4) is 0 Å². The molecule has 0 aromatic heterocycles. The van der Waals surface area contributed by atoms with Crippen LogP contribution in [-0.4, -0.2) is 16.1 Å². The van der Waals surface area contributed by atoms with E-state index in [1.165, 1.54) is 16.7 Å². The monoisotopic (exact) mass is 324 g/mol. The zero-order valence-corrected chi connectivity index (χ0v) is 16.8. The molecule has 0 amide bonds. The molecule has 1 aliphatic carbocycles. The van der Waals surface area contributed by atoms with Crippen molar-refractivity contribution in [2.45, 2.75) is 50.4 Å². The summed E-state index contributed by atoms with van der Waals surface area (Å²) in [7, 11) is -2.77. The van der Waals surface area contributed by atoms with Gasteiger partial charge in [0.05, 0.1) is 16.1 Å². The van der Waals surface area contributed by atoms with Crippen LogP contribution >= 0.6 is 0 Å². The molecule has 0 nitrogen and oxygen atoms in total. The number of hydrogen-bond donors (Lipinski definition) is 0. The van der Waals surface area contributed by atoms with Crippen LogP contribution in [0.1, 0.15) is 12.0 Å². The molecule has 2 rings (SSSR count).